The van der Waals surface area contributed by atoms with Crippen molar-refractivity contribution in [3.63, 3.8) is 0 Å². The molecule has 0 spiro atoms. The molecule has 1 atom stereocenters. The number of nitrogens with one attached hydrogen (secondary N) is 1. The summed E-state index contributed by atoms with van der Waals surface area (Å²) < 4.78 is 0.838. The van der Waals surface area contributed by atoms with Gasteiger partial charge in [0.1, 0.15) is 5.69 Å². The van der Waals surface area contributed by atoms with E-state index >= 15 is 0 Å². The Hall–Kier alpha value is -1.10. The summed E-state index contributed by atoms with van der Waals surface area (Å²) in [5, 5.41) is 13.9. The molecule has 0 fully saturated rings. The summed E-state index contributed by atoms with van der Waals surface area (Å²) in [4.78, 5) is 10.4. The van der Waals surface area contributed by atoms with Crippen LogP contribution in [0.1, 0.15) is 20.3 Å². The van der Waals surface area contributed by atoms with E-state index in [2.05, 4.69) is 35.1 Å². The fraction of sp³-hybridized carbons (Fsp3) is 0.455. The molecule has 0 aromatic heterocycles. The van der Waals surface area contributed by atoms with Gasteiger partial charge in [0.05, 0.1) is 4.92 Å². The molecule has 0 aliphatic carbocycles. The van der Waals surface area contributed by atoms with Crippen LogP contribution in [-0.2, 0) is 0 Å². The monoisotopic (exact) mass is 286 g/mol. The van der Waals surface area contributed by atoms with E-state index in [4.69, 9.17) is 0 Å². The lowest BCUT2D eigenvalue weighted by molar-refractivity contribution is -0.384. The molecule has 88 valence electrons. The summed E-state index contributed by atoms with van der Waals surface area (Å²) in [5.41, 5.74) is 0.686. The highest BCUT2D eigenvalue weighted by Gasteiger charge is 2.13. The average Bonchev–Trinajstić information content (AvgIpc) is 2.25. The fourth-order valence-corrected chi connectivity index (χ4v) is 1.60. The van der Waals surface area contributed by atoms with Gasteiger partial charge in [-0.1, -0.05) is 36.2 Å². The van der Waals surface area contributed by atoms with E-state index < -0.39 is 0 Å². The van der Waals surface area contributed by atoms with Crippen molar-refractivity contribution in [2.75, 3.05) is 11.9 Å². The van der Waals surface area contributed by atoms with Gasteiger partial charge in [-0.2, -0.15) is 0 Å². The predicted octanol–water partition coefficient (Wildman–Crippen LogP) is 3.82. The van der Waals surface area contributed by atoms with Crippen LogP contribution >= 0.6 is 15.9 Å². The molecule has 0 heterocycles. The summed E-state index contributed by atoms with van der Waals surface area (Å²) in [6.07, 6.45) is 1.05. The van der Waals surface area contributed by atoms with Gasteiger partial charge < -0.3 is 5.32 Å². The molecule has 4 nitrogen and oxygen atoms in total. The molecule has 0 bridgehead atoms. The van der Waals surface area contributed by atoms with Gasteiger partial charge in [0.2, 0.25) is 0 Å². The van der Waals surface area contributed by atoms with Crippen molar-refractivity contribution in [2.45, 2.75) is 20.3 Å². The smallest absolute Gasteiger partial charge is 0.292 e. The third kappa shape index (κ3) is 3.48. The summed E-state index contributed by atoms with van der Waals surface area (Å²) in [6.45, 7) is 4.95. The van der Waals surface area contributed by atoms with Crippen LogP contribution in [0.2, 0.25) is 0 Å². The maximum Gasteiger partial charge on any atom is 0.292 e. The standard InChI is InChI=1S/C11H15BrN2O2/c1-3-8(2)7-13-10-6-9(12)4-5-11(10)14(15)16/h4-6,8,13H,3,7H2,1-2H3. The molecule has 1 rings (SSSR count). The molecule has 0 saturated carbocycles. The fourth-order valence-electron chi connectivity index (χ4n) is 1.24. The lowest BCUT2D eigenvalue weighted by Gasteiger charge is -2.11. The van der Waals surface area contributed by atoms with Crippen LogP contribution in [0, 0.1) is 16.0 Å². The quantitative estimate of drug-likeness (QED) is 0.661. The van der Waals surface area contributed by atoms with Crippen molar-refractivity contribution >= 4 is 27.3 Å². The first-order valence-corrected chi connectivity index (χ1v) is 6.01. The van der Waals surface area contributed by atoms with Crippen LogP contribution in [0.5, 0.6) is 0 Å². The van der Waals surface area contributed by atoms with Gasteiger partial charge in [0.15, 0.2) is 0 Å². The summed E-state index contributed by atoms with van der Waals surface area (Å²) in [5.74, 6) is 0.499. The zero-order valence-electron chi connectivity index (χ0n) is 9.37. The molecule has 16 heavy (non-hydrogen) atoms. The molecular weight excluding hydrogens is 272 g/mol. The lowest BCUT2D eigenvalue weighted by Crippen LogP contribution is -2.11. The van der Waals surface area contributed by atoms with Gasteiger partial charge in [-0.05, 0) is 18.1 Å². The summed E-state index contributed by atoms with van der Waals surface area (Å²) in [7, 11) is 0. The van der Waals surface area contributed by atoms with E-state index in [1.807, 2.05) is 0 Å². The largest absolute Gasteiger partial charge is 0.379 e. The lowest BCUT2D eigenvalue weighted by atomic mass is 10.1. The number of hydrogen-bond donors (Lipinski definition) is 1. The Kier molecular flexibility index (Phi) is 4.73. The number of hydrogen-bond acceptors (Lipinski definition) is 3. The number of anilines is 1. The molecule has 1 N–H and O–H groups in total. The Labute approximate surface area is 103 Å². The topological polar surface area (TPSA) is 55.2 Å². The van der Waals surface area contributed by atoms with Crippen molar-refractivity contribution in [2.24, 2.45) is 5.92 Å². The Morgan fingerprint density at radius 3 is 2.81 bits per heavy atom. The Morgan fingerprint density at radius 2 is 2.25 bits per heavy atom. The molecule has 1 unspecified atom stereocenters. The highest BCUT2D eigenvalue weighted by Crippen LogP contribution is 2.28. The highest BCUT2D eigenvalue weighted by atomic mass is 79.9. The predicted molar refractivity (Wildman–Crippen MR) is 68.7 cm³/mol. The van der Waals surface area contributed by atoms with Crippen molar-refractivity contribution < 1.29 is 4.92 Å². The third-order valence-corrected chi connectivity index (χ3v) is 2.99. The molecule has 0 aliphatic heterocycles. The van der Waals surface area contributed by atoms with Crippen LogP contribution < -0.4 is 5.32 Å². The second-order valence-electron chi connectivity index (χ2n) is 3.81. The number of benzene rings is 1. The van der Waals surface area contributed by atoms with Crippen molar-refractivity contribution in [1.82, 2.24) is 0 Å². The van der Waals surface area contributed by atoms with Gasteiger partial charge in [-0.25, -0.2) is 0 Å². The van der Waals surface area contributed by atoms with E-state index in [1.165, 1.54) is 6.07 Å². The third-order valence-electron chi connectivity index (χ3n) is 2.49. The van der Waals surface area contributed by atoms with E-state index in [0.29, 0.717) is 11.6 Å². The first-order valence-electron chi connectivity index (χ1n) is 5.22. The normalized spacial score (nSPS) is 12.2. The van der Waals surface area contributed by atoms with Crippen LogP contribution in [0.4, 0.5) is 11.4 Å². The van der Waals surface area contributed by atoms with Gasteiger partial charge in [-0.3, -0.25) is 10.1 Å². The van der Waals surface area contributed by atoms with Crippen molar-refractivity contribution in [3.05, 3.63) is 32.8 Å². The first-order chi connectivity index (χ1) is 7.54. The molecule has 0 saturated heterocycles. The van der Waals surface area contributed by atoms with Crippen LogP contribution in [0.3, 0.4) is 0 Å². The van der Waals surface area contributed by atoms with E-state index in [1.54, 1.807) is 12.1 Å². The average molecular weight is 287 g/mol. The minimum Gasteiger partial charge on any atom is -0.379 e. The van der Waals surface area contributed by atoms with Crippen molar-refractivity contribution in [1.29, 1.82) is 0 Å². The zero-order chi connectivity index (χ0) is 12.1. The maximum atomic E-state index is 10.8. The summed E-state index contributed by atoms with van der Waals surface area (Å²) in [6, 6.07) is 4.91. The number of nitro benzene ring substituents is 1. The number of halogens is 1. The number of rotatable bonds is 5. The molecule has 5 heteroatoms. The number of nitrogens with zero attached hydrogens (tertiary/aromatic N) is 1. The second-order valence-corrected chi connectivity index (χ2v) is 4.73. The highest BCUT2D eigenvalue weighted by molar-refractivity contribution is 9.10. The van der Waals surface area contributed by atoms with Gasteiger partial charge in [0, 0.05) is 17.1 Å². The molecule has 1 aromatic rings. The zero-order valence-corrected chi connectivity index (χ0v) is 11.0. The first kappa shape index (κ1) is 13.0. The summed E-state index contributed by atoms with van der Waals surface area (Å²) >= 11 is 3.31. The van der Waals surface area contributed by atoms with Crippen LogP contribution in [0.25, 0.3) is 0 Å². The van der Waals surface area contributed by atoms with Gasteiger partial charge in [0.25, 0.3) is 5.69 Å². The molecule has 0 radical (unpaired) electrons. The number of nitro groups is 1. The van der Waals surface area contributed by atoms with Gasteiger partial charge in [-0.15, -0.1) is 0 Å². The maximum absolute atomic E-state index is 10.8. The van der Waals surface area contributed by atoms with E-state index in [-0.39, 0.29) is 10.6 Å². The minimum absolute atomic E-state index is 0.117. The van der Waals surface area contributed by atoms with Crippen molar-refractivity contribution in [3.8, 4) is 0 Å². The van der Waals surface area contributed by atoms with Crippen LogP contribution in [0.15, 0.2) is 22.7 Å². The molecule has 0 aliphatic rings. The Bertz CT molecular complexity index is 382. The van der Waals surface area contributed by atoms with Crippen LogP contribution in [-0.4, -0.2) is 11.5 Å². The Morgan fingerprint density at radius 1 is 1.56 bits per heavy atom. The molecular formula is C11H15BrN2O2. The second kappa shape index (κ2) is 5.84. The van der Waals surface area contributed by atoms with Gasteiger partial charge >= 0.3 is 0 Å². The Balaban J connectivity index is 2.84. The molecule has 1 aromatic carbocycles. The van der Waals surface area contributed by atoms with E-state index in [0.717, 1.165) is 17.4 Å². The van der Waals surface area contributed by atoms with E-state index in [9.17, 15) is 10.1 Å². The SMILES string of the molecule is CCC(C)CNc1cc(Br)ccc1[N+](=O)[O-]. The molecule has 0 amide bonds. The minimum atomic E-state index is -0.370.